The van der Waals surface area contributed by atoms with Crippen LogP contribution in [0.1, 0.15) is 40.0 Å². The Kier molecular flexibility index (Phi) is 5.22. The molecule has 0 amide bonds. The Bertz CT molecular complexity index is 195. The highest BCUT2D eigenvalue weighted by Crippen LogP contribution is 2.21. The van der Waals surface area contributed by atoms with Crippen molar-refractivity contribution in [2.45, 2.75) is 52.1 Å². The van der Waals surface area contributed by atoms with Crippen molar-refractivity contribution in [2.24, 2.45) is 11.1 Å². The molecule has 1 unspecified atom stereocenters. The van der Waals surface area contributed by atoms with E-state index in [1.807, 2.05) is 0 Å². The van der Waals surface area contributed by atoms with E-state index in [4.69, 9.17) is 10.5 Å². The molecule has 1 saturated heterocycles. The van der Waals surface area contributed by atoms with Gasteiger partial charge in [0.05, 0.1) is 0 Å². The maximum atomic E-state index is 6.18. The summed E-state index contributed by atoms with van der Waals surface area (Å²) in [6.45, 7) is 9.58. The van der Waals surface area contributed by atoms with E-state index in [0.29, 0.717) is 6.04 Å². The Morgan fingerprint density at radius 3 is 2.38 bits per heavy atom. The van der Waals surface area contributed by atoms with Crippen molar-refractivity contribution in [1.82, 2.24) is 4.90 Å². The van der Waals surface area contributed by atoms with E-state index in [0.717, 1.165) is 26.2 Å². The van der Waals surface area contributed by atoms with Crippen LogP contribution in [-0.2, 0) is 4.74 Å². The van der Waals surface area contributed by atoms with Gasteiger partial charge in [0.2, 0.25) is 0 Å². The van der Waals surface area contributed by atoms with Crippen LogP contribution in [0.15, 0.2) is 0 Å². The average molecular weight is 228 g/mol. The highest BCUT2D eigenvalue weighted by atomic mass is 16.5. The summed E-state index contributed by atoms with van der Waals surface area (Å²) in [7, 11) is 2.21. The Balaban J connectivity index is 2.26. The molecule has 0 spiro atoms. The number of nitrogens with two attached hydrogens (primary N) is 1. The van der Waals surface area contributed by atoms with Gasteiger partial charge in [-0.1, -0.05) is 20.8 Å². The summed E-state index contributed by atoms with van der Waals surface area (Å²) in [5.41, 5.74) is 6.40. The second-order valence-corrected chi connectivity index (χ2v) is 6.09. The Morgan fingerprint density at radius 2 is 1.88 bits per heavy atom. The molecule has 96 valence electrons. The highest BCUT2D eigenvalue weighted by Gasteiger charge is 2.23. The monoisotopic (exact) mass is 228 g/mol. The van der Waals surface area contributed by atoms with Crippen molar-refractivity contribution < 1.29 is 4.74 Å². The average Bonchev–Trinajstić information content (AvgIpc) is 2.25. The Hall–Kier alpha value is -0.120. The van der Waals surface area contributed by atoms with E-state index in [1.165, 1.54) is 12.8 Å². The summed E-state index contributed by atoms with van der Waals surface area (Å²) in [6.07, 6.45) is 3.42. The summed E-state index contributed by atoms with van der Waals surface area (Å²) in [6, 6.07) is 0.982. The third-order valence-electron chi connectivity index (χ3n) is 3.72. The molecule has 1 fully saturated rings. The van der Waals surface area contributed by atoms with Crippen molar-refractivity contribution in [2.75, 3.05) is 26.8 Å². The van der Waals surface area contributed by atoms with E-state index in [-0.39, 0.29) is 11.5 Å². The van der Waals surface area contributed by atoms with Crippen LogP contribution >= 0.6 is 0 Å². The predicted molar refractivity (Wildman–Crippen MR) is 68.5 cm³/mol. The lowest BCUT2D eigenvalue weighted by Crippen LogP contribution is -2.42. The van der Waals surface area contributed by atoms with Crippen LogP contribution in [0.3, 0.4) is 0 Å². The summed E-state index contributed by atoms with van der Waals surface area (Å²) >= 11 is 0. The molecule has 0 aromatic rings. The van der Waals surface area contributed by atoms with Gasteiger partial charge < -0.3 is 15.4 Å². The first-order valence-corrected chi connectivity index (χ1v) is 6.45. The lowest BCUT2D eigenvalue weighted by atomic mass is 9.85. The lowest BCUT2D eigenvalue weighted by molar-refractivity contribution is 0.0412. The zero-order chi connectivity index (χ0) is 12.2. The van der Waals surface area contributed by atoms with Crippen molar-refractivity contribution in [3.05, 3.63) is 0 Å². The molecule has 1 atom stereocenters. The fraction of sp³-hybridized carbons (Fsp3) is 1.00. The first-order valence-electron chi connectivity index (χ1n) is 6.45. The van der Waals surface area contributed by atoms with E-state index < -0.39 is 0 Å². The highest BCUT2D eigenvalue weighted by molar-refractivity contribution is 4.79. The Labute approximate surface area is 100 Å². The van der Waals surface area contributed by atoms with Gasteiger partial charge in [0, 0.05) is 25.3 Å². The van der Waals surface area contributed by atoms with Crippen LogP contribution in [0.5, 0.6) is 0 Å². The van der Waals surface area contributed by atoms with Crippen LogP contribution in [0.2, 0.25) is 0 Å². The van der Waals surface area contributed by atoms with Crippen molar-refractivity contribution in [1.29, 1.82) is 0 Å². The predicted octanol–water partition coefficient (Wildman–Crippen LogP) is 1.86. The van der Waals surface area contributed by atoms with Gasteiger partial charge in [-0.25, -0.2) is 0 Å². The number of nitrogens with zero attached hydrogens (tertiary/aromatic N) is 1. The Morgan fingerprint density at radius 1 is 1.31 bits per heavy atom. The maximum absolute atomic E-state index is 6.18. The molecule has 0 saturated carbocycles. The van der Waals surface area contributed by atoms with Gasteiger partial charge in [-0.05, 0) is 38.3 Å². The zero-order valence-corrected chi connectivity index (χ0v) is 11.3. The van der Waals surface area contributed by atoms with Crippen molar-refractivity contribution >= 4 is 0 Å². The summed E-state index contributed by atoms with van der Waals surface area (Å²) in [5, 5.41) is 0. The molecule has 0 aliphatic carbocycles. The topological polar surface area (TPSA) is 38.5 Å². The van der Waals surface area contributed by atoms with E-state index in [1.54, 1.807) is 0 Å². The number of hydrogen-bond acceptors (Lipinski definition) is 3. The first-order chi connectivity index (χ1) is 7.41. The third kappa shape index (κ3) is 4.40. The molecule has 1 aliphatic heterocycles. The number of ether oxygens (including phenoxy) is 1. The van der Waals surface area contributed by atoms with Gasteiger partial charge in [-0.15, -0.1) is 0 Å². The van der Waals surface area contributed by atoms with Crippen LogP contribution in [0.25, 0.3) is 0 Å². The molecule has 1 heterocycles. The van der Waals surface area contributed by atoms with E-state index in [9.17, 15) is 0 Å². The second-order valence-electron chi connectivity index (χ2n) is 6.09. The normalized spacial score (nSPS) is 21.4. The minimum Gasteiger partial charge on any atom is -0.381 e. The molecular weight excluding hydrogens is 200 g/mol. The molecule has 2 N–H and O–H groups in total. The molecule has 3 heteroatoms. The van der Waals surface area contributed by atoms with Gasteiger partial charge in [0.25, 0.3) is 0 Å². The summed E-state index contributed by atoms with van der Waals surface area (Å²) < 4.78 is 5.38. The third-order valence-corrected chi connectivity index (χ3v) is 3.72. The van der Waals surface area contributed by atoms with Gasteiger partial charge in [0.15, 0.2) is 0 Å². The van der Waals surface area contributed by atoms with Crippen LogP contribution in [0, 0.1) is 5.41 Å². The van der Waals surface area contributed by atoms with Crippen LogP contribution < -0.4 is 5.73 Å². The van der Waals surface area contributed by atoms with E-state index in [2.05, 4.69) is 32.7 Å². The smallest absolute Gasteiger partial charge is 0.0480 e. The largest absolute Gasteiger partial charge is 0.381 e. The quantitative estimate of drug-likeness (QED) is 0.798. The molecule has 1 aliphatic rings. The first kappa shape index (κ1) is 13.9. The van der Waals surface area contributed by atoms with Gasteiger partial charge in [0.1, 0.15) is 0 Å². The van der Waals surface area contributed by atoms with E-state index >= 15 is 0 Å². The van der Waals surface area contributed by atoms with Crippen molar-refractivity contribution in [3.63, 3.8) is 0 Å². The van der Waals surface area contributed by atoms with Gasteiger partial charge >= 0.3 is 0 Å². The molecule has 0 radical (unpaired) electrons. The molecule has 0 aromatic carbocycles. The summed E-state index contributed by atoms with van der Waals surface area (Å²) in [5.74, 6) is 0. The van der Waals surface area contributed by atoms with Gasteiger partial charge in [-0.3, -0.25) is 0 Å². The molecule has 0 bridgehead atoms. The second kappa shape index (κ2) is 5.99. The fourth-order valence-electron chi connectivity index (χ4n) is 2.08. The number of rotatable bonds is 4. The van der Waals surface area contributed by atoms with Crippen LogP contribution in [0.4, 0.5) is 0 Å². The standard InChI is InChI=1S/C13H28N2O/c1-13(2,3)12(14)5-8-15(4)11-6-9-16-10-7-11/h11-12H,5-10,14H2,1-4H3. The summed E-state index contributed by atoms with van der Waals surface area (Å²) in [4.78, 5) is 2.45. The zero-order valence-electron chi connectivity index (χ0n) is 11.3. The maximum Gasteiger partial charge on any atom is 0.0480 e. The fourth-order valence-corrected chi connectivity index (χ4v) is 2.08. The van der Waals surface area contributed by atoms with Gasteiger partial charge in [-0.2, -0.15) is 0 Å². The van der Waals surface area contributed by atoms with Crippen LogP contribution in [-0.4, -0.2) is 43.8 Å². The minimum absolute atomic E-state index is 0.219. The molecule has 0 aromatic heterocycles. The number of hydrogen-bond donors (Lipinski definition) is 1. The molecule has 1 rings (SSSR count). The minimum atomic E-state index is 0.219. The van der Waals surface area contributed by atoms with Crippen molar-refractivity contribution in [3.8, 4) is 0 Å². The molecule has 16 heavy (non-hydrogen) atoms. The lowest BCUT2D eigenvalue weighted by Gasteiger charge is -2.34. The molecular formula is C13H28N2O. The molecule has 3 nitrogen and oxygen atoms in total. The SMILES string of the molecule is CN(CCC(N)C(C)(C)C)C1CCOCC1.